The second-order valence-electron chi connectivity index (χ2n) is 13.0. The first-order valence-corrected chi connectivity index (χ1v) is 18.2. The zero-order valence-corrected chi connectivity index (χ0v) is 29.2. The Morgan fingerprint density at radius 3 is 1.96 bits per heavy atom. The number of rotatable bonds is 7. The van der Waals surface area contributed by atoms with Gasteiger partial charge in [-0.05, 0) is 86.6 Å². The molecule has 0 N–H and O–H groups in total. The van der Waals surface area contributed by atoms with Gasteiger partial charge in [0.2, 0.25) is 0 Å². The molecule has 0 bridgehead atoms. The third-order valence-corrected chi connectivity index (χ3v) is 11.2. The normalized spacial score (nSPS) is 11.6. The molecule has 0 spiro atoms. The van der Waals surface area contributed by atoms with Gasteiger partial charge in [-0.25, -0.2) is 0 Å². The highest BCUT2D eigenvalue weighted by molar-refractivity contribution is 7.25. The maximum atomic E-state index is 4.02. The largest absolute Gasteiger partial charge is 0.310 e. The summed E-state index contributed by atoms with van der Waals surface area (Å²) in [5.41, 5.74) is 10.6. The lowest BCUT2D eigenvalue weighted by Gasteiger charge is -2.32. The smallest absolute Gasteiger partial charge is 0.0581 e. The Kier molecular flexibility index (Phi) is 7.80. The van der Waals surface area contributed by atoms with Gasteiger partial charge in [-0.2, -0.15) is 0 Å². The molecule has 0 atom stereocenters. The molecule has 8 aromatic carbocycles. The van der Waals surface area contributed by atoms with Gasteiger partial charge in [-0.3, -0.25) is 0 Å². The van der Waals surface area contributed by atoms with E-state index in [1.54, 1.807) is 0 Å². The Morgan fingerprint density at radius 1 is 0.529 bits per heavy atom. The summed E-state index contributed by atoms with van der Waals surface area (Å²) in [6, 6.07) is 59.7. The molecule has 0 amide bonds. The Morgan fingerprint density at radius 2 is 1.16 bits per heavy atom. The van der Waals surface area contributed by atoms with Crippen LogP contribution in [0.4, 0.5) is 17.1 Å². The number of thiophene rings is 1. The molecule has 0 fully saturated rings. The van der Waals surface area contributed by atoms with Crippen LogP contribution in [0, 0.1) is 6.92 Å². The molecule has 51 heavy (non-hydrogen) atoms. The number of benzene rings is 8. The molecule has 0 aliphatic rings. The number of hydrogen-bond acceptors (Lipinski definition) is 2. The van der Waals surface area contributed by atoms with Crippen LogP contribution in [0.5, 0.6) is 0 Å². The van der Waals surface area contributed by atoms with Crippen LogP contribution in [0.15, 0.2) is 183 Å². The van der Waals surface area contributed by atoms with Crippen molar-refractivity contribution in [3.63, 3.8) is 0 Å². The van der Waals surface area contributed by atoms with Crippen molar-refractivity contribution in [3.05, 3.63) is 194 Å². The van der Waals surface area contributed by atoms with Gasteiger partial charge in [0, 0.05) is 37.1 Å². The summed E-state index contributed by atoms with van der Waals surface area (Å²) in [6.07, 6.45) is 6.13. The zero-order valence-electron chi connectivity index (χ0n) is 28.4. The van der Waals surface area contributed by atoms with Gasteiger partial charge in [0.1, 0.15) is 0 Å². The summed E-state index contributed by atoms with van der Waals surface area (Å²) in [7, 11) is 0. The molecular weight excluding hydrogens is 635 g/mol. The maximum absolute atomic E-state index is 4.02. The van der Waals surface area contributed by atoms with Crippen molar-refractivity contribution in [2.24, 2.45) is 0 Å². The Bertz CT molecular complexity index is 2760. The second kappa shape index (κ2) is 12.9. The van der Waals surface area contributed by atoms with E-state index in [9.17, 15) is 0 Å². The van der Waals surface area contributed by atoms with Crippen LogP contribution < -0.4 is 4.90 Å². The van der Waals surface area contributed by atoms with Crippen molar-refractivity contribution >= 4 is 76.2 Å². The molecule has 0 aliphatic heterocycles. The van der Waals surface area contributed by atoms with Crippen molar-refractivity contribution in [3.8, 4) is 22.3 Å². The van der Waals surface area contributed by atoms with Crippen molar-refractivity contribution in [1.82, 2.24) is 0 Å². The van der Waals surface area contributed by atoms with Gasteiger partial charge in [-0.15, -0.1) is 11.3 Å². The third kappa shape index (κ3) is 5.33. The van der Waals surface area contributed by atoms with Crippen LogP contribution >= 0.6 is 11.3 Å². The zero-order chi connectivity index (χ0) is 34.3. The second-order valence-corrected chi connectivity index (χ2v) is 14.0. The summed E-state index contributed by atoms with van der Waals surface area (Å²) in [4.78, 5) is 2.49. The lowest BCUT2D eigenvalue weighted by atomic mass is 9.86. The Hall–Kier alpha value is -6.22. The predicted molar refractivity (Wildman–Crippen MR) is 224 cm³/mol. The number of hydrogen-bond donors (Lipinski definition) is 0. The fourth-order valence-electron chi connectivity index (χ4n) is 7.65. The number of nitrogens with zero attached hydrogens (tertiary/aromatic N) is 1. The summed E-state index contributed by atoms with van der Waals surface area (Å²) in [5.74, 6) is 0. The minimum Gasteiger partial charge on any atom is -0.310 e. The van der Waals surface area contributed by atoms with E-state index in [1.165, 1.54) is 80.8 Å². The van der Waals surface area contributed by atoms with Gasteiger partial charge in [0.15, 0.2) is 0 Å². The molecule has 242 valence electrons. The highest BCUT2D eigenvalue weighted by atomic mass is 32.1. The molecule has 0 saturated heterocycles. The molecule has 1 heterocycles. The summed E-state index contributed by atoms with van der Waals surface area (Å²) < 4.78 is 2.58. The molecule has 9 aromatic rings. The van der Waals surface area contributed by atoms with E-state index in [0.29, 0.717) is 0 Å². The quantitative estimate of drug-likeness (QED) is 0.153. The Labute approximate surface area is 302 Å². The first-order chi connectivity index (χ1) is 25.2. The molecule has 0 aliphatic carbocycles. The lowest BCUT2D eigenvalue weighted by Crippen LogP contribution is -2.14. The fraction of sp³-hybridized carbons (Fsp3) is 0.0204. The first kappa shape index (κ1) is 30.8. The predicted octanol–water partition coefficient (Wildman–Crippen LogP) is 14.7. The van der Waals surface area contributed by atoms with Crippen LogP contribution in [-0.2, 0) is 0 Å². The van der Waals surface area contributed by atoms with Crippen LogP contribution in [0.2, 0.25) is 0 Å². The fourth-order valence-corrected chi connectivity index (χ4v) is 8.79. The number of allylic oxidation sites excluding steroid dienone is 2. The van der Waals surface area contributed by atoms with Crippen LogP contribution in [0.3, 0.4) is 0 Å². The van der Waals surface area contributed by atoms with Crippen molar-refractivity contribution in [1.29, 1.82) is 0 Å². The van der Waals surface area contributed by atoms with Crippen LogP contribution in [0.25, 0.3) is 70.0 Å². The van der Waals surface area contributed by atoms with Crippen molar-refractivity contribution in [2.45, 2.75) is 6.92 Å². The molecule has 1 nitrogen and oxygen atoms in total. The van der Waals surface area contributed by atoms with E-state index in [4.69, 9.17) is 0 Å². The highest BCUT2D eigenvalue weighted by Gasteiger charge is 2.25. The molecule has 0 unspecified atom stereocenters. The van der Waals surface area contributed by atoms with Gasteiger partial charge >= 0.3 is 0 Å². The Balaban J connectivity index is 1.40. The minimum atomic E-state index is 1.11. The summed E-state index contributed by atoms with van der Waals surface area (Å²) in [6.45, 7) is 6.30. The van der Waals surface area contributed by atoms with Crippen LogP contribution in [-0.4, -0.2) is 0 Å². The van der Waals surface area contributed by atoms with E-state index in [1.807, 2.05) is 17.4 Å². The van der Waals surface area contributed by atoms with Gasteiger partial charge in [-0.1, -0.05) is 158 Å². The summed E-state index contributed by atoms with van der Waals surface area (Å²) in [5, 5.41) is 7.49. The SMILES string of the molecule is C=C/C=C\c1c(C)c(N(c2ccc(-c3ccccc3)cc2)c2ccc3c(c2)sc2ccccc23)c(-c2cccc3ccccc23)c2ccccc12. The molecular formula is C49H35NS. The molecule has 0 saturated carbocycles. The summed E-state index contributed by atoms with van der Waals surface area (Å²) >= 11 is 1.86. The maximum Gasteiger partial charge on any atom is 0.0581 e. The van der Waals surface area contributed by atoms with E-state index in [-0.39, 0.29) is 0 Å². The monoisotopic (exact) mass is 669 g/mol. The molecule has 1 aromatic heterocycles. The first-order valence-electron chi connectivity index (χ1n) is 17.4. The van der Waals surface area contributed by atoms with E-state index >= 15 is 0 Å². The molecule has 0 radical (unpaired) electrons. The van der Waals surface area contributed by atoms with Gasteiger partial charge in [0.25, 0.3) is 0 Å². The van der Waals surface area contributed by atoms with E-state index in [0.717, 1.165) is 11.4 Å². The highest BCUT2D eigenvalue weighted by Crippen LogP contribution is 2.50. The topological polar surface area (TPSA) is 3.24 Å². The van der Waals surface area contributed by atoms with E-state index < -0.39 is 0 Å². The van der Waals surface area contributed by atoms with Crippen molar-refractivity contribution < 1.29 is 0 Å². The molecule has 2 heteroatoms. The van der Waals surface area contributed by atoms with E-state index in [2.05, 4.69) is 194 Å². The standard InChI is InChI=1S/C49H35NS/c1-3-4-19-39-33(2)49(48(45-23-11-10-21-41(39)45)44-24-14-18-36-17-8-9-20-40(36)44)50(37-28-26-35(27-29-37)34-15-6-5-7-16-34)38-30-31-43-42-22-12-13-25-46(42)51-47(43)32-38/h3-32H,1H2,2H3/b19-4-. The average Bonchev–Trinajstić information content (AvgIpc) is 3.56. The lowest BCUT2D eigenvalue weighted by molar-refractivity contribution is 1.26. The molecule has 9 rings (SSSR count). The minimum absolute atomic E-state index is 1.11. The van der Waals surface area contributed by atoms with Crippen LogP contribution in [0.1, 0.15) is 11.1 Å². The number of fused-ring (bicyclic) bond motifs is 5. The van der Waals surface area contributed by atoms with Gasteiger partial charge in [0.05, 0.1) is 5.69 Å². The van der Waals surface area contributed by atoms with Crippen molar-refractivity contribution in [2.75, 3.05) is 4.90 Å². The number of anilines is 3. The average molecular weight is 670 g/mol. The van der Waals surface area contributed by atoms with Gasteiger partial charge < -0.3 is 4.90 Å². The third-order valence-electron chi connectivity index (χ3n) is 10.0.